The maximum absolute atomic E-state index is 13.5. The van der Waals surface area contributed by atoms with Gasteiger partial charge in [-0.2, -0.15) is 0 Å². The molecule has 0 bridgehead atoms. The Morgan fingerprint density at radius 3 is 2.48 bits per heavy atom. The fourth-order valence-corrected chi connectivity index (χ4v) is 3.17. The van der Waals surface area contributed by atoms with Crippen molar-refractivity contribution >= 4 is 31.9 Å². The van der Waals surface area contributed by atoms with Gasteiger partial charge in [0, 0.05) is 10.5 Å². The second kappa shape index (κ2) is 7.47. The van der Waals surface area contributed by atoms with E-state index < -0.39 is 0 Å². The first-order valence-electron chi connectivity index (χ1n) is 6.63. The number of halogens is 4. The van der Waals surface area contributed by atoms with E-state index in [1.54, 1.807) is 18.2 Å². The van der Waals surface area contributed by atoms with E-state index in [1.807, 2.05) is 6.92 Å². The lowest BCUT2D eigenvalue weighted by atomic mass is 9.98. The monoisotopic (exact) mass is 417 g/mol. The third kappa shape index (κ3) is 4.34. The summed E-state index contributed by atoms with van der Waals surface area (Å²) >= 11 is 6.66. The van der Waals surface area contributed by atoms with Crippen molar-refractivity contribution < 1.29 is 8.78 Å². The number of likely N-dealkylation sites (N-methyl/N-ethyl adjacent to an activating group) is 1. The first kappa shape index (κ1) is 16.6. The standard InChI is InChI=1S/C16H15Br2F2N/c1-2-21-16(12-9-11(19)4-5-13(12)17)8-10-3-6-15(20)14(18)7-10/h3-7,9,16,21H,2,8H2,1H3. The van der Waals surface area contributed by atoms with Gasteiger partial charge in [-0.1, -0.05) is 28.9 Å². The zero-order valence-corrected chi connectivity index (χ0v) is 14.6. The Morgan fingerprint density at radius 1 is 1.05 bits per heavy atom. The van der Waals surface area contributed by atoms with Crippen LogP contribution in [0.4, 0.5) is 8.78 Å². The molecule has 0 radical (unpaired) electrons. The van der Waals surface area contributed by atoms with Crippen LogP contribution in [0, 0.1) is 11.6 Å². The highest BCUT2D eigenvalue weighted by Crippen LogP contribution is 2.28. The van der Waals surface area contributed by atoms with Crippen molar-refractivity contribution in [2.24, 2.45) is 0 Å². The molecule has 0 aliphatic carbocycles. The van der Waals surface area contributed by atoms with Gasteiger partial charge in [0.1, 0.15) is 11.6 Å². The minimum atomic E-state index is -0.286. The second-order valence-electron chi connectivity index (χ2n) is 4.73. The van der Waals surface area contributed by atoms with Crippen LogP contribution in [-0.2, 0) is 6.42 Å². The van der Waals surface area contributed by atoms with Gasteiger partial charge in [-0.25, -0.2) is 8.78 Å². The summed E-state index contributed by atoms with van der Waals surface area (Å²) in [5.41, 5.74) is 1.84. The lowest BCUT2D eigenvalue weighted by molar-refractivity contribution is 0.539. The summed E-state index contributed by atoms with van der Waals surface area (Å²) in [4.78, 5) is 0. The fourth-order valence-electron chi connectivity index (χ4n) is 2.22. The van der Waals surface area contributed by atoms with Gasteiger partial charge in [-0.3, -0.25) is 0 Å². The average Bonchev–Trinajstić information content (AvgIpc) is 2.45. The van der Waals surface area contributed by atoms with E-state index in [-0.39, 0.29) is 17.7 Å². The molecule has 2 aromatic rings. The van der Waals surface area contributed by atoms with Gasteiger partial charge < -0.3 is 5.32 Å². The number of rotatable bonds is 5. The van der Waals surface area contributed by atoms with Gasteiger partial charge in [0.05, 0.1) is 4.47 Å². The summed E-state index contributed by atoms with van der Waals surface area (Å²) in [6.07, 6.45) is 0.648. The van der Waals surface area contributed by atoms with Crippen molar-refractivity contribution in [3.63, 3.8) is 0 Å². The normalized spacial score (nSPS) is 12.4. The molecule has 5 heteroatoms. The van der Waals surface area contributed by atoms with Crippen LogP contribution in [0.25, 0.3) is 0 Å². The SMILES string of the molecule is CCNC(Cc1ccc(F)c(Br)c1)c1cc(F)ccc1Br. The van der Waals surface area contributed by atoms with E-state index in [9.17, 15) is 8.78 Å². The topological polar surface area (TPSA) is 12.0 Å². The van der Waals surface area contributed by atoms with Crippen LogP contribution in [0.1, 0.15) is 24.1 Å². The molecular formula is C16H15Br2F2N. The predicted molar refractivity (Wildman–Crippen MR) is 88.3 cm³/mol. The molecular weight excluding hydrogens is 404 g/mol. The van der Waals surface area contributed by atoms with Crippen molar-refractivity contribution in [2.75, 3.05) is 6.54 Å². The fraction of sp³-hybridized carbons (Fsp3) is 0.250. The number of nitrogens with one attached hydrogen (secondary N) is 1. The van der Waals surface area contributed by atoms with Gasteiger partial charge in [0.2, 0.25) is 0 Å². The highest BCUT2D eigenvalue weighted by Gasteiger charge is 2.16. The Kier molecular flexibility index (Phi) is 5.90. The molecule has 1 unspecified atom stereocenters. The Morgan fingerprint density at radius 2 is 1.81 bits per heavy atom. The molecule has 2 aromatic carbocycles. The van der Waals surface area contributed by atoms with E-state index in [0.717, 1.165) is 22.1 Å². The smallest absolute Gasteiger partial charge is 0.137 e. The number of hydrogen-bond acceptors (Lipinski definition) is 1. The van der Waals surface area contributed by atoms with Crippen LogP contribution < -0.4 is 5.32 Å². The minimum absolute atomic E-state index is 0.0440. The largest absolute Gasteiger partial charge is 0.310 e. The lowest BCUT2D eigenvalue weighted by Crippen LogP contribution is -2.23. The molecule has 2 rings (SSSR count). The highest BCUT2D eigenvalue weighted by atomic mass is 79.9. The highest BCUT2D eigenvalue weighted by molar-refractivity contribution is 9.10. The van der Waals surface area contributed by atoms with Crippen LogP contribution in [0.15, 0.2) is 45.3 Å². The summed E-state index contributed by atoms with van der Waals surface area (Å²) in [5, 5.41) is 3.34. The van der Waals surface area contributed by atoms with E-state index in [4.69, 9.17) is 0 Å². The molecule has 0 saturated heterocycles. The maximum Gasteiger partial charge on any atom is 0.137 e. The molecule has 0 aliphatic heterocycles. The van der Waals surface area contributed by atoms with Crippen LogP contribution >= 0.6 is 31.9 Å². The van der Waals surface area contributed by atoms with Gasteiger partial charge in [-0.15, -0.1) is 0 Å². The average molecular weight is 419 g/mol. The van der Waals surface area contributed by atoms with E-state index in [0.29, 0.717) is 10.9 Å². The Balaban J connectivity index is 2.30. The number of benzene rings is 2. The van der Waals surface area contributed by atoms with Crippen LogP contribution in [0.5, 0.6) is 0 Å². The van der Waals surface area contributed by atoms with Gasteiger partial charge in [-0.05, 0) is 70.4 Å². The third-order valence-corrected chi connectivity index (χ3v) is 4.54. The molecule has 1 nitrogen and oxygen atoms in total. The Labute approximate surface area is 140 Å². The van der Waals surface area contributed by atoms with Crippen LogP contribution in [-0.4, -0.2) is 6.54 Å². The molecule has 0 heterocycles. The zero-order valence-electron chi connectivity index (χ0n) is 11.5. The van der Waals surface area contributed by atoms with E-state index in [1.165, 1.54) is 18.2 Å². The Hall–Kier alpha value is -0.780. The molecule has 21 heavy (non-hydrogen) atoms. The summed E-state index contributed by atoms with van der Waals surface area (Å²) in [6.45, 7) is 2.76. The van der Waals surface area contributed by atoms with Crippen molar-refractivity contribution in [3.05, 3.63) is 68.1 Å². The van der Waals surface area contributed by atoms with Gasteiger partial charge >= 0.3 is 0 Å². The van der Waals surface area contributed by atoms with E-state index in [2.05, 4.69) is 37.2 Å². The first-order chi connectivity index (χ1) is 10.0. The second-order valence-corrected chi connectivity index (χ2v) is 6.44. The maximum atomic E-state index is 13.5. The molecule has 0 fully saturated rings. The molecule has 0 aromatic heterocycles. The lowest BCUT2D eigenvalue weighted by Gasteiger charge is -2.20. The van der Waals surface area contributed by atoms with Crippen molar-refractivity contribution in [2.45, 2.75) is 19.4 Å². The minimum Gasteiger partial charge on any atom is -0.310 e. The molecule has 0 aliphatic rings. The summed E-state index contributed by atoms with van der Waals surface area (Å²) in [7, 11) is 0. The van der Waals surface area contributed by atoms with E-state index >= 15 is 0 Å². The molecule has 112 valence electrons. The predicted octanol–water partition coefficient (Wildman–Crippen LogP) is 5.38. The van der Waals surface area contributed by atoms with Crippen LogP contribution in [0.3, 0.4) is 0 Å². The molecule has 1 N–H and O–H groups in total. The van der Waals surface area contributed by atoms with Crippen molar-refractivity contribution in [1.82, 2.24) is 5.32 Å². The van der Waals surface area contributed by atoms with Gasteiger partial charge in [0.25, 0.3) is 0 Å². The molecule has 1 atom stereocenters. The van der Waals surface area contributed by atoms with Gasteiger partial charge in [0.15, 0.2) is 0 Å². The third-order valence-electron chi connectivity index (χ3n) is 3.21. The number of hydrogen-bond donors (Lipinski definition) is 1. The summed E-state index contributed by atoms with van der Waals surface area (Å²) < 4.78 is 28.1. The summed E-state index contributed by atoms with van der Waals surface area (Å²) in [5.74, 6) is -0.554. The zero-order chi connectivity index (χ0) is 15.4. The first-order valence-corrected chi connectivity index (χ1v) is 8.22. The molecule has 0 spiro atoms. The summed E-state index contributed by atoms with van der Waals surface area (Å²) in [6, 6.07) is 9.54. The van der Waals surface area contributed by atoms with Crippen molar-refractivity contribution in [3.8, 4) is 0 Å². The van der Waals surface area contributed by atoms with Crippen molar-refractivity contribution in [1.29, 1.82) is 0 Å². The molecule has 0 saturated carbocycles. The molecule has 0 amide bonds. The Bertz CT molecular complexity index is 632. The quantitative estimate of drug-likeness (QED) is 0.686. The van der Waals surface area contributed by atoms with Crippen LogP contribution in [0.2, 0.25) is 0 Å².